The van der Waals surface area contributed by atoms with Crippen molar-refractivity contribution < 1.29 is 32.6 Å². The van der Waals surface area contributed by atoms with Crippen LogP contribution in [0.2, 0.25) is 0 Å². The molecule has 1 spiro atoms. The number of hydrogen-bond donors (Lipinski definition) is 1. The summed E-state index contributed by atoms with van der Waals surface area (Å²) in [6.45, 7) is 3.30. The SMILES string of the molecule is Cc1cccc(C(=O)N2[C@@H](C(=O)NC[C@H]3CCCO3)COC23CCN(C(=O)c2ccc(F)cc2F)CC3)c1. The zero-order valence-corrected chi connectivity index (χ0v) is 21.3. The molecule has 0 radical (unpaired) electrons. The van der Waals surface area contributed by atoms with Gasteiger partial charge in [-0.2, -0.15) is 0 Å². The average molecular weight is 528 g/mol. The number of nitrogens with zero attached hydrogens (tertiary/aromatic N) is 2. The first kappa shape index (κ1) is 26.2. The lowest BCUT2D eigenvalue weighted by Crippen LogP contribution is -2.60. The van der Waals surface area contributed by atoms with E-state index < -0.39 is 29.3 Å². The third kappa shape index (κ3) is 5.15. The standard InChI is InChI=1S/C28H31F2N3O5/c1-18-4-2-5-19(14-18)26(35)33-24(25(34)31-16-21-6-3-13-37-21)17-38-28(33)9-11-32(12-10-28)27(36)22-8-7-20(29)15-23(22)30/h2,4-5,7-8,14-15,21,24H,3,6,9-13,16-17H2,1H3,(H,31,34)/t21-,24-/m1/s1. The number of carbonyl (C=O) groups excluding carboxylic acids is 3. The van der Waals surface area contributed by atoms with E-state index in [9.17, 15) is 23.2 Å². The average Bonchev–Trinajstić information content (AvgIpc) is 3.55. The van der Waals surface area contributed by atoms with Gasteiger partial charge in [0.05, 0.1) is 18.3 Å². The van der Waals surface area contributed by atoms with Crippen LogP contribution in [0.3, 0.4) is 0 Å². The number of rotatable bonds is 5. The van der Waals surface area contributed by atoms with Gasteiger partial charge >= 0.3 is 0 Å². The van der Waals surface area contributed by atoms with Crippen LogP contribution in [0.1, 0.15) is 52.0 Å². The number of carbonyl (C=O) groups is 3. The summed E-state index contributed by atoms with van der Waals surface area (Å²) in [5.74, 6) is -2.88. The van der Waals surface area contributed by atoms with E-state index in [1.54, 1.807) is 18.2 Å². The minimum Gasteiger partial charge on any atom is -0.376 e. The molecule has 0 saturated carbocycles. The predicted octanol–water partition coefficient (Wildman–Crippen LogP) is 3.04. The molecule has 0 bridgehead atoms. The molecular formula is C28H31F2N3O5. The number of ether oxygens (including phenoxy) is 2. The summed E-state index contributed by atoms with van der Waals surface area (Å²) in [5, 5.41) is 2.92. The maximum absolute atomic E-state index is 14.2. The van der Waals surface area contributed by atoms with E-state index in [4.69, 9.17) is 9.47 Å². The fraction of sp³-hybridized carbons (Fsp3) is 0.464. The van der Waals surface area contributed by atoms with Crippen molar-refractivity contribution in [1.29, 1.82) is 0 Å². The van der Waals surface area contributed by atoms with Gasteiger partial charge in [0, 0.05) is 50.7 Å². The molecule has 2 aromatic rings. The Morgan fingerprint density at radius 3 is 2.55 bits per heavy atom. The zero-order chi connectivity index (χ0) is 26.9. The molecule has 202 valence electrons. The molecule has 0 unspecified atom stereocenters. The van der Waals surface area contributed by atoms with Crippen molar-refractivity contribution in [3.05, 3.63) is 70.8 Å². The van der Waals surface area contributed by atoms with E-state index in [1.807, 2.05) is 13.0 Å². The van der Waals surface area contributed by atoms with Crippen LogP contribution in [0.5, 0.6) is 0 Å². The summed E-state index contributed by atoms with van der Waals surface area (Å²) in [4.78, 5) is 43.1. The Bertz CT molecular complexity index is 1220. The van der Waals surface area contributed by atoms with Crippen molar-refractivity contribution in [1.82, 2.24) is 15.1 Å². The van der Waals surface area contributed by atoms with Gasteiger partial charge in [-0.25, -0.2) is 8.78 Å². The van der Waals surface area contributed by atoms with Crippen LogP contribution in [0, 0.1) is 18.6 Å². The summed E-state index contributed by atoms with van der Waals surface area (Å²) in [6, 6.07) is 9.16. The molecule has 5 rings (SSSR count). The van der Waals surface area contributed by atoms with Crippen molar-refractivity contribution in [2.45, 2.75) is 50.5 Å². The number of nitrogens with one attached hydrogen (secondary N) is 1. The summed E-state index contributed by atoms with van der Waals surface area (Å²) in [7, 11) is 0. The maximum atomic E-state index is 14.2. The second-order valence-corrected chi connectivity index (χ2v) is 10.1. The van der Waals surface area contributed by atoms with Crippen molar-refractivity contribution in [3.8, 4) is 0 Å². The predicted molar refractivity (Wildman–Crippen MR) is 133 cm³/mol. The lowest BCUT2D eigenvalue weighted by Gasteiger charge is -2.44. The van der Waals surface area contributed by atoms with E-state index in [-0.39, 0.29) is 56.0 Å². The van der Waals surface area contributed by atoms with Crippen LogP contribution >= 0.6 is 0 Å². The van der Waals surface area contributed by atoms with Crippen molar-refractivity contribution in [2.75, 3.05) is 32.8 Å². The molecule has 1 N–H and O–H groups in total. The van der Waals surface area contributed by atoms with Crippen LogP contribution in [-0.2, 0) is 14.3 Å². The third-order valence-corrected chi connectivity index (χ3v) is 7.57. The smallest absolute Gasteiger partial charge is 0.256 e. The molecule has 3 heterocycles. The van der Waals surface area contributed by atoms with Gasteiger partial charge in [0.25, 0.3) is 11.8 Å². The highest BCUT2D eigenvalue weighted by Gasteiger charge is 2.54. The number of aryl methyl sites for hydroxylation is 1. The van der Waals surface area contributed by atoms with Gasteiger partial charge in [-0.05, 0) is 44.0 Å². The van der Waals surface area contributed by atoms with Gasteiger partial charge in [0.1, 0.15) is 23.4 Å². The maximum Gasteiger partial charge on any atom is 0.256 e. The van der Waals surface area contributed by atoms with Gasteiger partial charge in [0.15, 0.2) is 0 Å². The molecule has 38 heavy (non-hydrogen) atoms. The molecular weight excluding hydrogens is 496 g/mol. The summed E-state index contributed by atoms with van der Waals surface area (Å²) in [5.41, 5.74) is 0.0451. The van der Waals surface area contributed by atoms with Crippen LogP contribution in [0.15, 0.2) is 42.5 Å². The lowest BCUT2D eigenvalue weighted by molar-refractivity contribution is -0.128. The Morgan fingerprint density at radius 1 is 1.08 bits per heavy atom. The fourth-order valence-corrected chi connectivity index (χ4v) is 5.51. The Hall–Kier alpha value is -3.37. The molecule has 2 aromatic carbocycles. The second-order valence-electron chi connectivity index (χ2n) is 10.1. The Morgan fingerprint density at radius 2 is 1.87 bits per heavy atom. The first-order chi connectivity index (χ1) is 18.3. The first-order valence-corrected chi connectivity index (χ1v) is 13.0. The van der Waals surface area contributed by atoms with E-state index in [0.717, 1.165) is 30.5 Å². The van der Waals surface area contributed by atoms with Crippen LogP contribution < -0.4 is 5.32 Å². The topological polar surface area (TPSA) is 88.2 Å². The van der Waals surface area contributed by atoms with E-state index >= 15 is 0 Å². The zero-order valence-electron chi connectivity index (χ0n) is 21.3. The van der Waals surface area contributed by atoms with Gasteiger partial charge in [-0.3, -0.25) is 19.3 Å². The largest absolute Gasteiger partial charge is 0.376 e. The van der Waals surface area contributed by atoms with Gasteiger partial charge in [-0.15, -0.1) is 0 Å². The quantitative estimate of drug-likeness (QED) is 0.646. The highest BCUT2D eigenvalue weighted by molar-refractivity contribution is 5.99. The molecule has 2 atom stereocenters. The fourth-order valence-electron chi connectivity index (χ4n) is 5.51. The van der Waals surface area contributed by atoms with E-state index in [2.05, 4.69) is 5.32 Å². The highest BCUT2D eigenvalue weighted by atomic mass is 19.1. The first-order valence-electron chi connectivity index (χ1n) is 13.0. The number of hydrogen-bond acceptors (Lipinski definition) is 5. The number of piperidine rings is 1. The summed E-state index contributed by atoms with van der Waals surface area (Å²) < 4.78 is 39.4. The number of halogens is 2. The van der Waals surface area contributed by atoms with Crippen LogP contribution in [0.25, 0.3) is 0 Å². The van der Waals surface area contributed by atoms with Gasteiger partial charge in [0.2, 0.25) is 5.91 Å². The summed E-state index contributed by atoms with van der Waals surface area (Å²) in [6.07, 6.45) is 2.27. The van der Waals surface area contributed by atoms with Crippen LogP contribution in [0.4, 0.5) is 8.78 Å². The molecule has 10 heteroatoms. The molecule has 3 aliphatic heterocycles. The van der Waals surface area contributed by atoms with Crippen molar-refractivity contribution in [3.63, 3.8) is 0 Å². The van der Waals surface area contributed by atoms with Crippen molar-refractivity contribution in [2.24, 2.45) is 0 Å². The molecule has 3 aliphatic rings. The number of benzene rings is 2. The minimum absolute atomic E-state index is 0.0233. The van der Waals surface area contributed by atoms with E-state index in [1.165, 1.54) is 9.80 Å². The lowest BCUT2D eigenvalue weighted by atomic mass is 9.95. The monoisotopic (exact) mass is 527 g/mol. The van der Waals surface area contributed by atoms with Crippen molar-refractivity contribution >= 4 is 17.7 Å². The molecule has 3 amide bonds. The van der Waals surface area contributed by atoms with Crippen LogP contribution in [-0.4, -0.2) is 78.2 Å². The third-order valence-electron chi connectivity index (χ3n) is 7.57. The van der Waals surface area contributed by atoms with Gasteiger partial charge < -0.3 is 19.7 Å². The Kier molecular flexibility index (Phi) is 7.45. The molecule has 8 nitrogen and oxygen atoms in total. The van der Waals surface area contributed by atoms with E-state index in [0.29, 0.717) is 24.8 Å². The molecule has 3 saturated heterocycles. The molecule has 0 aromatic heterocycles. The Labute approximate surface area is 219 Å². The summed E-state index contributed by atoms with van der Waals surface area (Å²) >= 11 is 0. The molecule has 0 aliphatic carbocycles. The normalized spacial score (nSPS) is 22.6. The highest BCUT2D eigenvalue weighted by Crippen LogP contribution is 2.39. The Balaban J connectivity index is 1.35. The minimum atomic E-state index is -1.09. The van der Waals surface area contributed by atoms with Gasteiger partial charge in [-0.1, -0.05) is 17.7 Å². The number of likely N-dealkylation sites (tertiary alicyclic amines) is 1. The second kappa shape index (κ2) is 10.8. The molecule has 3 fully saturated rings. The number of amides is 3.